The van der Waals surface area contributed by atoms with Crippen LogP contribution in [0.3, 0.4) is 0 Å². The molecule has 3 aromatic heterocycles. The highest BCUT2D eigenvalue weighted by Gasteiger charge is 2.16. The zero-order chi connectivity index (χ0) is 19.5. The second-order valence-corrected chi connectivity index (χ2v) is 6.68. The lowest BCUT2D eigenvalue weighted by Crippen LogP contribution is -2.33. The third-order valence-corrected chi connectivity index (χ3v) is 4.73. The van der Waals surface area contributed by atoms with Crippen molar-refractivity contribution in [2.24, 2.45) is 0 Å². The van der Waals surface area contributed by atoms with Gasteiger partial charge in [0, 0.05) is 41.8 Å². The molecule has 0 bridgehead atoms. The first-order valence-electron chi connectivity index (χ1n) is 9.31. The van der Waals surface area contributed by atoms with E-state index in [4.69, 9.17) is 0 Å². The van der Waals surface area contributed by atoms with Crippen LogP contribution < -0.4 is 10.9 Å². The number of benzene rings is 1. The fourth-order valence-corrected chi connectivity index (χ4v) is 3.46. The quantitative estimate of drug-likeness (QED) is 0.561. The molecule has 0 unspecified atom stereocenters. The smallest absolute Gasteiger partial charge is 0.291 e. The van der Waals surface area contributed by atoms with Gasteiger partial charge in [-0.25, -0.2) is 4.68 Å². The third kappa shape index (κ3) is 3.26. The highest BCUT2D eigenvalue weighted by Crippen LogP contribution is 2.26. The molecule has 0 aliphatic rings. The van der Waals surface area contributed by atoms with Crippen LogP contribution in [0.25, 0.3) is 21.8 Å². The fourth-order valence-electron chi connectivity index (χ4n) is 3.46. The van der Waals surface area contributed by atoms with Gasteiger partial charge in [-0.15, -0.1) is 0 Å². The van der Waals surface area contributed by atoms with Gasteiger partial charge in [-0.2, -0.15) is 5.10 Å². The maximum absolute atomic E-state index is 13.1. The van der Waals surface area contributed by atoms with Crippen LogP contribution >= 0.6 is 0 Å². The van der Waals surface area contributed by atoms with E-state index in [0.717, 1.165) is 34.8 Å². The number of aryl methyl sites for hydroxylation is 1. The molecular weight excluding hydrogens is 354 g/mol. The number of nitrogens with one attached hydrogen (secondary N) is 1. The molecule has 4 rings (SSSR count). The van der Waals surface area contributed by atoms with Gasteiger partial charge < -0.3 is 9.88 Å². The normalized spacial score (nSPS) is 11.2. The average Bonchev–Trinajstić information content (AvgIpc) is 3.04. The van der Waals surface area contributed by atoms with Crippen LogP contribution in [-0.2, 0) is 24.4 Å². The lowest BCUT2D eigenvalue weighted by molar-refractivity contribution is -0.122. The van der Waals surface area contributed by atoms with Gasteiger partial charge >= 0.3 is 0 Å². The highest BCUT2D eigenvalue weighted by atomic mass is 16.2. The zero-order valence-corrected chi connectivity index (χ0v) is 15.6. The number of rotatable bonds is 6. The number of amides is 1. The first-order chi connectivity index (χ1) is 13.7. The van der Waals surface area contributed by atoms with Crippen LogP contribution in [0.4, 0.5) is 0 Å². The van der Waals surface area contributed by atoms with Gasteiger partial charge in [-0.1, -0.05) is 31.2 Å². The molecule has 0 saturated heterocycles. The fraction of sp³-hybridized carbons (Fsp3) is 0.238. The molecular formula is C21H21N5O2. The average molecular weight is 375 g/mol. The number of hydrogen-bond acceptors (Lipinski definition) is 4. The number of fused-ring (bicyclic) bond motifs is 3. The van der Waals surface area contributed by atoms with E-state index < -0.39 is 0 Å². The Bertz CT molecular complexity index is 1190. The summed E-state index contributed by atoms with van der Waals surface area (Å²) in [6.45, 7) is 3.05. The van der Waals surface area contributed by atoms with Crippen molar-refractivity contribution in [1.29, 1.82) is 0 Å². The Morgan fingerprint density at radius 2 is 1.96 bits per heavy atom. The van der Waals surface area contributed by atoms with Gasteiger partial charge in [0.2, 0.25) is 5.91 Å². The van der Waals surface area contributed by atoms with Crippen molar-refractivity contribution in [1.82, 2.24) is 24.6 Å². The van der Waals surface area contributed by atoms with E-state index in [-0.39, 0.29) is 18.0 Å². The summed E-state index contributed by atoms with van der Waals surface area (Å²) in [7, 11) is 0. The summed E-state index contributed by atoms with van der Waals surface area (Å²) in [5, 5.41) is 8.87. The van der Waals surface area contributed by atoms with Gasteiger partial charge in [0.05, 0.1) is 6.20 Å². The third-order valence-electron chi connectivity index (χ3n) is 4.73. The first kappa shape index (κ1) is 17.9. The van der Waals surface area contributed by atoms with Gasteiger partial charge in [0.25, 0.3) is 5.56 Å². The van der Waals surface area contributed by atoms with Gasteiger partial charge in [-0.3, -0.25) is 14.6 Å². The van der Waals surface area contributed by atoms with Crippen molar-refractivity contribution in [3.8, 4) is 0 Å². The topological polar surface area (TPSA) is 81.8 Å². The summed E-state index contributed by atoms with van der Waals surface area (Å²) < 4.78 is 3.25. The molecule has 0 radical (unpaired) electrons. The van der Waals surface area contributed by atoms with E-state index in [1.807, 2.05) is 41.0 Å². The molecule has 1 amide bonds. The molecule has 0 saturated carbocycles. The Hall–Kier alpha value is -3.48. The minimum atomic E-state index is -0.268. The predicted molar refractivity (Wildman–Crippen MR) is 108 cm³/mol. The van der Waals surface area contributed by atoms with Crippen LogP contribution in [-0.4, -0.2) is 25.2 Å². The minimum Gasteiger partial charge on any atom is -0.350 e. The van der Waals surface area contributed by atoms with Gasteiger partial charge in [0.15, 0.2) is 0 Å². The number of para-hydroxylation sites is 1. The maximum Gasteiger partial charge on any atom is 0.291 e. The lowest BCUT2D eigenvalue weighted by Gasteiger charge is -2.08. The van der Waals surface area contributed by atoms with Crippen molar-refractivity contribution < 1.29 is 4.79 Å². The molecule has 1 N–H and O–H groups in total. The molecule has 0 fully saturated rings. The Morgan fingerprint density at radius 3 is 2.75 bits per heavy atom. The molecule has 4 aromatic rings. The summed E-state index contributed by atoms with van der Waals surface area (Å²) in [6.07, 6.45) is 5.96. The molecule has 7 nitrogen and oxygen atoms in total. The zero-order valence-electron chi connectivity index (χ0n) is 15.6. The standard InChI is InChI=1S/C21H21N5O2/c1-2-10-25-18-8-4-3-7-16(18)17-13-24-26(21(28)20(17)25)14-19(27)23-12-15-6-5-9-22-11-15/h3-9,11,13H,2,10,12,14H2,1H3,(H,23,27). The molecule has 142 valence electrons. The first-order valence-corrected chi connectivity index (χ1v) is 9.31. The second-order valence-electron chi connectivity index (χ2n) is 6.68. The molecule has 28 heavy (non-hydrogen) atoms. The molecule has 7 heteroatoms. The number of carbonyl (C=O) groups excluding carboxylic acids is 1. The molecule has 3 heterocycles. The van der Waals surface area contributed by atoms with Crippen molar-refractivity contribution in [3.63, 3.8) is 0 Å². The monoisotopic (exact) mass is 375 g/mol. The summed E-state index contributed by atoms with van der Waals surface area (Å²) in [5.74, 6) is -0.268. The van der Waals surface area contributed by atoms with E-state index in [0.29, 0.717) is 12.1 Å². The van der Waals surface area contributed by atoms with E-state index in [1.165, 1.54) is 4.68 Å². The maximum atomic E-state index is 13.1. The largest absolute Gasteiger partial charge is 0.350 e. The van der Waals surface area contributed by atoms with Crippen molar-refractivity contribution in [3.05, 3.63) is 70.9 Å². The van der Waals surface area contributed by atoms with E-state index in [9.17, 15) is 9.59 Å². The van der Waals surface area contributed by atoms with Crippen LogP contribution in [0.2, 0.25) is 0 Å². The van der Waals surface area contributed by atoms with E-state index in [2.05, 4.69) is 22.3 Å². The van der Waals surface area contributed by atoms with Crippen molar-refractivity contribution >= 4 is 27.7 Å². The van der Waals surface area contributed by atoms with Crippen molar-refractivity contribution in [2.75, 3.05) is 0 Å². The minimum absolute atomic E-state index is 0.122. The number of hydrogen-bond donors (Lipinski definition) is 1. The summed E-state index contributed by atoms with van der Waals surface area (Å²) in [6, 6.07) is 11.6. The number of aromatic nitrogens is 4. The molecule has 0 atom stereocenters. The van der Waals surface area contributed by atoms with E-state index >= 15 is 0 Å². The molecule has 0 spiro atoms. The Morgan fingerprint density at radius 1 is 1.11 bits per heavy atom. The number of nitrogens with zero attached hydrogens (tertiary/aromatic N) is 4. The lowest BCUT2D eigenvalue weighted by atomic mass is 10.2. The molecule has 0 aliphatic heterocycles. The summed E-state index contributed by atoms with van der Waals surface area (Å²) >= 11 is 0. The molecule has 1 aromatic carbocycles. The van der Waals surface area contributed by atoms with Crippen LogP contribution in [0.5, 0.6) is 0 Å². The van der Waals surface area contributed by atoms with Gasteiger partial charge in [0.1, 0.15) is 12.1 Å². The number of carbonyl (C=O) groups is 1. The van der Waals surface area contributed by atoms with Crippen LogP contribution in [0.1, 0.15) is 18.9 Å². The Labute approximate surface area is 161 Å². The van der Waals surface area contributed by atoms with Crippen molar-refractivity contribution in [2.45, 2.75) is 33.0 Å². The predicted octanol–water partition coefficient (Wildman–Crippen LogP) is 2.47. The molecule has 0 aliphatic carbocycles. The Kier molecular flexibility index (Phi) is 4.89. The van der Waals surface area contributed by atoms with E-state index in [1.54, 1.807) is 18.6 Å². The van der Waals surface area contributed by atoms with Crippen LogP contribution in [0.15, 0.2) is 59.8 Å². The van der Waals surface area contributed by atoms with Crippen LogP contribution in [0, 0.1) is 0 Å². The number of pyridine rings is 1. The summed E-state index contributed by atoms with van der Waals surface area (Å²) in [4.78, 5) is 29.4. The second kappa shape index (κ2) is 7.64. The van der Waals surface area contributed by atoms with Gasteiger partial charge in [-0.05, 0) is 24.1 Å². The highest BCUT2D eigenvalue weighted by molar-refractivity contribution is 6.07. The summed E-state index contributed by atoms with van der Waals surface area (Å²) in [5.41, 5.74) is 2.25. The SMILES string of the molecule is CCCn1c2ccccc2c2cnn(CC(=O)NCc3cccnc3)c(=O)c21. The Balaban J connectivity index is 1.66.